The quantitative estimate of drug-likeness (QED) is 0.0189. The number of hydrogen-bond donors (Lipinski definition) is 9. The van der Waals surface area contributed by atoms with E-state index in [1.807, 2.05) is 117 Å². The van der Waals surface area contributed by atoms with Crippen molar-refractivity contribution < 1.29 is 63.4 Å². The van der Waals surface area contributed by atoms with Crippen molar-refractivity contribution in [2.24, 2.45) is 0 Å². The number of carbonyl (C=O) groups excluding carboxylic acids is 6. The zero-order chi connectivity index (χ0) is 109. The molecule has 0 unspecified atom stereocenters. The van der Waals surface area contributed by atoms with Gasteiger partial charge in [0, 0.05) is 90.7 Å². The Balaban J connectivity index is 0.000000263. The van der Waals surface area contributed by atoms with Gasteiger partial charge in [-0.3, -0.25) is 47.5 Å². The summed E-state index contributed by atoms with van der Waals surface area (Å²) in [6.45, 7) is 39.4. The number of aliphatic hydroxyl groups is 1. The van der Waals surface area contributed by atoms with Crippen molar-refractivity contribution in [1.82, 2.24) is 64.0 Å². The van der Waals surface area contributed by atoms with Crippen LogP contribution in [0.3, 0.4) is 0 Å². The molecule has 0 fully saturated rings. The van der Waals surface area contributed by atoms with Gasteiger partial charge >= 0.3 is 18.2 Å². The van der Waals surface area contributed by atoms with Gasteiger partial charge in [-0.15, -0.1) is 0 Å². The molecule has 13 rings (SSSR count). The second-order valence-corrected chi connectivity index (χ2v) is 45.5. The van der Waals surface area contributed by atoms with Gasteiger partial charge in [-0.05, 0) is 283 Å². The lowest BCUT2D eigenvalue weighted by atomic mass is 10.1. The van der Waals surface area contributed by atoms with Crippen molar-refractivity contribution >= 4 is 143 Å². The number of aryl methyl sites for hydroxylation is 5. The summed E-state index contributed by atoms with van der Waals surface area (Å²) in [6.07, 6.45) is 7.34. The van der Waals surface area contributed by atoms with Crippen molar-refractivity contribution in [3.05, 3.63) is 325 Å². The number of rotatable bonds is 25. The molecule has 0 bridgehead atoms. The van der Waals surface area contributed by atoms with Gasteiger partial charge in [0.05, 0.1) is 32.1 Å². The third kappa shape index (κ3) is 39.1. The molecule has 0 saturated carbocycles. The number of carboxylic acid groups (broad SMARTS) is 1. The number of hydrogen-bond acceptors (Lipinski definition) is 24. The normalized spacial score (nSPS) is 12.1. The average Bonchev–Trinajstić information content (AvgIpc) is 0.936. The number of alkyl halides is 1. The molecule has 34 nitrogen and oxygen atoms in total. The number of H-pyrrole nitrogens is 3. The molecule has 11 N–H and O–H groups in total. The standard InChI is InChI=1S/C23H33BrN2O3Si.C17H19BrN2O3.C17H17BrN2O2.C15H17N5O2.C14H22N4O4.C11H17N.C7H6BrNO3.CH3F/c1-17-15-19(24)21(27)25-20(17)22(28)26(16-18-11-8-7-9-12-18)13-10-14-29-30(5,6)23(2,3)4;1-12-10-14(18)16(22)19-15(12)17(23)20(8-5-9-21)11-13-6-3-2-4-7-13;1-12-10-14(18)16(21)20-9-5-8-19(17(22)15(12)20)11-13-6-3-2-4-7-13;1-9-6-10(19-13-7-12(16)17-8-18-13)15(22)20-5-3-2-4-11(21)14(9)20;1-13(2,3)21-11(19)18(12(20)22-14(4,5)6)10-7-9(15)16-8-17-10;1-2-3-9-12-10-11-7-5-4-6-8-11;1-3-2-4(8)6(10)9-5(3)7(11)12;1-2/h7-9,11-12,15H,10,13-14,16H2,1-6H3,(H,25,27);2-4,6-7,10,21H,5,8-9,11H2,1H3,(H,19,22);2-4,6-7,10H,5,8-9,11H2,1H3;6-8H,2-5H2,1H3,(H3,16,17,18,19);7-8H,1-6H3,(H2,15,16,17);4-8,12H,2-3,9-10H2,1H3;2H,1H3,(H,9,10)(H,11,12);1H3/i;;;;;;;1D. The fourth-order valence-corrected chi connectivity index (χ4v) is 17.0. The first kappa shape index (κ1) is 119. The van der Waals surface area contributed by atoms with Crippen molar-refractivity contribution in [3.8, 4) is 0 Å². The molecule has 0 atom stereocenters. The topological polar surface area (TPSA) is 471 Å². The molecule has 0 radical (unpaired) electrons. The highest BCUT2D eigenvalue weighted by molar-refractivity contribution is 9.11. The average molecular weight is 2270 g/mol. The first-order chi connectivity index (χ1) is 68.8. The lowest BCUT2D eigenvalue weighted by Gasteiger charge is -2.36. The Labute approximate surface area is 880 Å². The first-order valence-corrected chi connectivity index (χ1v) is 53.0. The fraction of sp³-hybridized carbons (Fsp3) is 0.390. The minimum Gasteiger partial charge on any atom is -0.477 e. The van der Waals surface area contributed by atoms with Crippen LogP contribution in [0.5, 0.6) is 0 Å². The number of anilines is 5. The predicted octanol–water partition coefficient (Wildman–Crippen LogP) is 19.6. The van der Waals surface area contributed by atoms with E-state index in [1.165, 1.54) is 36.9 Å². The molecular weight excluding hydrogens is 2140 g/mol. The minimum absolute atomic E-state index is 0.00834. The Morgan fingerprint density at radius 2 is 0.972 bits per heavy atom. The number of unbranched alkanes of at least 4 members (excludes halogenated alkanes) is 1. The Hall–Kier alpha value is -12.6. The number of nitrogens with one attached hydrogen (secondary N) is 5. The number of ether oxygens (including phenoxy) is 2. The number of carboxylic acids is 1. The van der Waals surface area contributed by atoms with Gasteiger partial charge in [0.15, 0.2) is 19.9 Å². The second kappa shape index (κ2) is 58.5. The first-order valence-electron chi connectivity index (χ1n) is 47.7. The van der Waals surface area contributed by atoms with Crippen molar-refractivity contribution in [1.29, 1.82) is 0 Å². The third-order valence-corrected chi connectivity index (χ3v) is 29.1. The number of aromatic nitrogens is 9. The Kier molecular flexibility index (Phi) is 48.2. The molecule has 0 saturated heterocycles. The van der Waals surface area contributed by atoms with Crippen LogP contribution >= 0.6 is 63.7 Å². The molecule has 7 aromatic heterocycles. The second-order valence-electron chi connectivity index (χ2n) is 37.3. The van der Waals surface area contributed by atoms with Crippen LogP contribution in [-0.2, 0) is 53.2 Å². The summed E-state index contributed by atoms with van der Waals surface area (Å²) in [6, 6.07) is 51.0. The van der Waals surface area contributed by atoms with Gasteiger partial charge in [-0.1, -0.05) is 155 Å². The molecular formula is C105H134Br4FN17O17Si. The van der Waals surface area contributed by atoms with Crippen LogP contribution < -0.4 is 54.8 Å². The third-order valence-electron chi connectivity index (χ3n) is 22.3. The number of benzene rings is 4. The van der Waals surface area contributed by atoms with Gasteiger partial charge in [0.2, 0.25) is 0 Å². The predicted molar refractivity (Wildman–Crippen MR) is 581 cm³/mol. The number of imide groups is 1. The van der Waals surface area contributed by atoms with Crippen molar-refractivity contribution in [3.63, 3.8) is 0 Å². The molecule has 11 aromatic rings. The summed E-state index contributed by atoms with van der Waals surface area (Å²) in [5, 5.41) is 24.2. The Bertz CT molecular complexity index is 6480. The van der Waals surface area contributed by atoms with Gasteiger partial charge in [-0.2, -0.15) is 4.90 Å². The molecule has 2 aliphatic heterocycles. The van der Waals surface area contributed by atoms with E-state index in [4.69, 9.17) is 37.0 Å². The maximum absolute atomic E-state index is 13.3. The molecule has 2 aliphatic rings. The highest BCUT2D eigenvalue weighted by atomic mass is 79.9. The monoisotopic (exact) mass is 2270 g/mol. The van der Waals surface area contributed by atoms with E-state index in [9.17, 15) is 61.9 Å². The molecule has 9 heterocycles. The Morgan fingerprint density at radius 1 is 0.538 bits per heavy atom. The number of pyridine rings is 5. The van der Waals surface area contributed by atoms with E-state index in [2.05, 4.69) is 180 Å². The van der Waals surface area contributed by atoms with E-state index >= 15 is 0 Å². The molecule has 145 heavy (non-hydrogen) atoms. The van der Waals surface area contributed by atoms with Gasteiger partial charge in [0.25, 0.3) is 45.5 Å². The van der Waals surface area contributed by atoms with Crippen LogP contribution in [0.4, 0.5) is 42.9 Å². The van der Waals surface area contributed by atoms with Crippen LogP contribution in [0.2, 0.25) is 18.1 Å². The summed E-state index contributed by atoms with van der Waals surface area (Å²) in [5.74, 6) is -0.718. The SMILES string of the molecule is CC(C)(C)OC(=O)N(C(=O)OC(C)(C)C)c1cc(N)ncn1.CCCCNCc1ccccc1.Cc1cc(Br)c(=O)[nH]c1C(=O)N(CCCO)Cc1ccccc1.Cc1cc(Br)c(=O)[nH]c1C(=O)N(CCCO[Si](C)(C)C(C)(C)C)Cc1ccccc1.Cc1cc(Br)c(=O)[nH]c1C(=O)O.Cc1cc(Br)c(=O)n2c1C(=O)N(Cc1ccccc1)CCC2.Cc1cc(Nc2cc(N)ncn2)c(=O)n2c1C(=O)CCCC2.[2H]CF. The number of aromatic amines is 3. The minimum atomic E-state index is -1.82. The molecule has 40 heteroatoms. The van der Waals surface area contributed by atoms with Crippen LogP contribution in [-0.4, -0.2) is 177 Å². The number of nitrogens with zero attached hydrogens (tertiary/aromatic N) is 10. The van der Waals surface area contributed by atoms with Gasteiger partial charge in [0.1, 0.15) is 69.8 Å². The molecule has 780 valence electrons. The number of halogens is 5. The highest BCUT2D eigenvalue weighted by Gasteiger charge is 2.38. The smallest absolute Gasteiger partial charge is 0.425 e. The zero-order valence-electron chi connectivity index (χ0n) is 86.1. The van der Waals surface area contributed by atoms with E-state index in [1.54, 1.807) is 105 Å². The highest BCUT2D eigenvalue weighted by Crippen LogP contribution is 2.37. The number of aliphatic hydroxyl groups excluding tert-OH is 1. The number of carbonyl (C=O) groups is 7. The molecule has 0 aliphatic carbocycles. The summed E-state index contributed by atoms with van der Waals surface area (Å²) in [7, 11) is -2.82. The summed E-state index contributed by atoms with van der Waals surface area (Å²) < 4.78 is 37.1. The van der Waals surface area contributed by atoms with E-state index in [-0.39, 0.29) is 80.4 Å². The lowest BCUT2D eigenvalue weighted by molar-refractivity contribution is 0.0426. The number of nitrogen functional groups attached to an aromatic ring is 2. The van der Waals surface area contributed by atoms with Crippen LogP contribution in [0.15, 0.2) is 218 Å². The summed E-state index contributed by atoms with van der Waals surface area (Å²) in [5.41, 5.74) is 18.3. The van der Waals surface area contributed by atoms with Gasteiger partial charge < -0.3 is 85.0 Å². The largest absolute Gasteiger partial charge is 0.477 e. The summed E-state index contributed by atoms with van der Waals surface area (Å²) in [4.78, 5) is 175. The lowest BCUT2D eigenvalue weighted by Crippen LogP contribution is -2.44. The fourth-order valence-electron chi connectivity index (χ4n) is 14.1. The number of amides is 5. The number of Topliss-reactive ketones (excluding diaryl/α,β-unsaturated/α-hetero) is 1. The van der Waals surface area contributed by atoms with Crippen molar-refractivity contribution in [2.45, 2.75) is 224 Å². The maximum Gasteiger partial charge on any atom is 0.425 e. The number of aromatic carboxylic acids is 1. The van der Waals surface area contributed by atoms with Crippen LogP contribution in [0.25, 0.3) is 0 Å². The number of ketones is 1. The van der Waals surface area contributed by atoms with Crippen LogP contribution in [0, 0.1) is 34.6 Å². The number of nitrogens with two attached hydrogens (primary N) is 2. The Morgan fingerprint density at radius 3 is 1.43 bits per heavy atom. The van der Waals surface area contributed by atoms with Crippen LogP contribution in [0.1, 0.15) is 224 Å². The van der Waals surface area contributed by atoms with Crippen molar-refractivity contribution in [2.75, 3.05) is 68.2 Å². The number of fused-ring (bicyclic) bond motifs is 2. The summed E-state index contributed by atoms with van der Waals surface area (Å²) >= 11 is 12.7. The van der Waals surface area contributed by atoms with E-state index in [0.29, 0.717) is 140 Å². The maximum atomic E-state index is 13.3. The molecule has 0 spiro atoms. The van der Waals surface area contributed by atoms with E-state index in [0.717, 1.165) is 78.5 Å². The van der Waals surface area contributed by atoms with E-state index < -0.39 is 50.4 Å². The molecule has 5 amide bonds. The zero-order valence-corrected chi connectivity index (χ0v) is 92.5. The van der Waals surface area contributed by atoms with Gasteiger partial charge in [-0.25, -0.2) is 34.3 Å². The molecule has 4 aromatic carbocycles.